The molecular formula is C16H27Cl3N2O. The molecule has 6 heteroatoms. The van der Waals surface area contributed by atoms with Crippen molar-refractivity contribution in [3.63, 3.8) is 0 Å². The molecule has 128 valence electrons. The SMILES string of the molecule is Cl.Cl.N[C@@H](Cc1ccc(Cl)cc1)[C@H](O)CNC1CCCCC1. The fraction of sp³-hybridized carbons (Fsp3) is 0.625. The first-order valence-corrected chi connectivity index (χ1v) is 7.94. The minimum absolute atomic E-state index is 0. The van der Waals surface area contributed by atoms with Crippen LogP contribution in [0.2, 0.25) is 5.02 Å². The smallest absolute Gasteiger partial charge is 0.0818 e. The Labute approximate surface area is 150 Å². The maximum absolute atomic E-state index is 10.2. The monoisotopic (exact) mass is 368 g/mol. The zero-order valence-corrected chi connectivity index (χ0v) is 15.1. The molecule has 0 aliphatic heterocycles. The molecule has 0 spiro atoms. The normalized spacial score (nSPS) is 18.0. The van der Waals surface area contributed by atoms with Crippen LogP contribution >= 0.6 is 36.4 Å². The number of aliphatic hydroxyl groups is 1. The summed E-state index contributed by atoms with van der Waals surface area (Å²) in [4.78, 5) is 0. The molecule has 22 heavy (non-hydrogen) atoms. The second-order valence-electron chi connectivity index (χ2n) is 5.80. The third kappa shape index (κ3) is 7.49. The Balaban J connectivity index is 0.00000220. The molecule has 0 unspecified atom stereocenters. The molecule has 3 nitrogen and oxygen atoms in total. The van der Waals surface area contributed by atoms with Crippen molar-refractivity contribution in [2.45, 2.75) is 56.7 Å². The first kappa shape index (κ1) is 22.0. The molecule has 2 rings (SSSR count). The molecule has 0 bridgehead atoms. The second kappa shape index (κ2) is 11.5. The highest BCUT2D eigenvalue weighted by atomic mass is 35.5. The predicted octanol–water partition coefficient (Wildman–Crippen LogP) is 3.34. The summed E-state index contributed by atoms with van der Waals surface area (Å²) in [7, 11) is 0. The molecule has 0 saturated heterocycles. The molecule has 0 amide bonds. The lowest BCUT2D eigenvalue weighted by molar-refractivity contribution is 0.135. The van der Waals surface area contributed by atoms with Gasteiger partial charge in [-0.05, 0) is 37.0 Å². The van der Waals surface area contributed by atoms with Gasteiger partial charge in [0.2, 0.25) is 0 Å². The summed E-state index contributed by atoms with van der Waals surface area (Å²) in [5, 5.41) is 14.3. The van der Waals surface area contributed by atoms with E-state index in [9.17, 15) is 5.11 Å². The minimum Gasteiger partial charge on any atom is -0.390 e. The van der Waals surface area contributed by atoms with Crippen LogP contribution in [0.25, 0.3) is 0 Å². The van der Waals surface area contributed by atoms with Crippen LogP contribution in [0.15, 0.2) is 24.3 Å². The van der Waals surface area contributed by atoms with Gasteiger partial charge in [-0.1, -0.05) is 43.0 Å². The van der Waals surface area contributed by atoms with Crippen LogP contribution in [-0.4, -0.2) is 29.8 Å². The van der Waals surface area contributed by atoms with E-state index in [1.807, 2.05) is 24.3 Å². The number of nitrogens with two attached hydrogens (primary N) is 1. The average molecular weight is 370 g/mol. The van der Waals surface area contributed by atoms with E-state index < -0.39 is 6.10 Å². The number of hydrogen-bond donors (Lipinski definition) is 3. The molecule has 1 aliphatic rings. The van der Waals surface area contributed by atoms with Crippen LogP contribution in [0.5, 0.6) is 0 Å². The maximum Gasteiger partial charge on any atom is 0.0818 e. The Morgan fingerprint density at radius 3 is 2.32 bits per heavy atom. The zero-order valence-electron chi connectivity index (χ0n) is 12.7. The summed E-state index contributed by atoms with van der Waals surface area (Å²) in [6.07, 6.45) is 6.54. The number of rotatable bonds is 6. The Bertz CT molecular complexity index is 397. The van der Waals surface area contributed by atoms with E-state index >= 15 is 0 Å². The predicted molar refractivity (Wildman–Crippen MR) is 98.5 cm³/mol. The van der Waals surface area contributed by atoms with Crippen molar-refractivity contribution in [2.75, 3.05) is 6.54 Å². The van der Waals surface area contributed by atoms with Crippen LogP contribution in [0.3, 0.4) is 0 Å². The Hall–Kier alpha value is -0.0300. The summed E-state index contributed by atoms with van der Waals surface area (Å²) < 4.78 is 0. The molecule has 1 fully saturated rings. The lowest BCUT2D eigenvalue weighted by Crippen LogP contribution is -2.46. The third-order valence-corrected chi connectivity index (χ3v) is 4.35. The third-order valence-electron chi connectivity index (χ3n) is 4.10. The molecule has 1 aromatic rings. The Morgan fingerprint density at radius 2 is 1.73 bits per heavy atom. The molecule has 1 aliphatic carbocycles. The number of aliphatic hydroxyl groups excluding tert-OH is 1. The van der Waals surface area contributed by atoms with Crippen LogP contribution in [0.1, 0.15) is 37.7 Å². The summed E-state index contributed by atoms with van der Waals surface area (Å²) in [5.74, 6) is 0. The highest BCUT2D eigenvalue weighted by Gasteiger charge is 2.18. The first-order valence-electron chi connectivity index (χ1n) is 7.56. The second-order valence-corrected chi connectivity index (χ2v) is 6.24. The van der Waals surface area contributed by atoms with E-state index in [0.29, 0.717) is 19.0 Å². The molecule has 0 heterocycles. The lowest BCUT2D eigenvalue weighted by atomic mass is 9.95. The van der Waals surface area contributed by atoms with Gasteiger partial charge < -0.3 is 16.2 Å². The van der Waals surface area contributed by atoms with Crippen molar-refractivity contribution in [2.24, 2.45) is 5.73 Å². The van der Waals surface area contributed by atoms with E-state index in [-0.39, 0.29) is 30.9 Å². The quantitative estimate of drug-likeness (QED) is 0.721. The van der Waals surface area contributed by atoms with Crippen molar-refractivity contribution < 1.29 is 5.11 Å². The molecule has 1 aromatic carbocycles. The van der Waals surface area contributed by atoms with Crippen LogP contribution in [0.4, 0.5) is 0 Å². The van der Waals surface area contributed by atoms with Gasteiger partial charge in [0.05, 0.1) is 6.10 Å². The van der Waals surface area contributed by atoms with Gasteiger partial charge in [-0.2, -0.15) is 0 Å². The van der Waals surface area contributed by atoms with Crippen LogP contribution in [0, 0.1) is 0 Å². The molecule has 1 saturated carbocycles. The maximum atomic E-state index is 10.2. The molecule has 4 N–H and O–H groups in total. The fourth-order valence-corrected chi connectivity index (χ4v) is 2.90. The summed E-state index contributed by atoms with van der Waals surface area (Å²) in [5.41, 5.74) is 7.19. The Morgan fingerprint density at radius 1 is 1.14 bits per heavy atom. The van der Waals surface area contributed by atoms with Gasteiger partial charge in [0, 0.05) is 23.7 Å². The largest absolute Gasteiger partial charge is 0.390 e. The van der Waals surface area contributed by atoms with Crippen molar-refractivity contribution in [3.8, 4) is 0 Å². The summed E-state index contributed by atoms with van der Waals surface area (Å²) in [6, 6.07) is 7.95. The number of nitrogens with one attached hydrogen (secondary N) is 1. The van der Waals surface area contributed by atoms with E-state index in [2.05, 4.69) is 5.32 Å². The van der Waals surface area contributed by atoms with Gasteiger partial charge in [0.1, 0.15) is 0 Å². The van der Waals surface area contributed by atoms with E-state index in [4.69, 9.17) is 17.3 Å². The average Bonchev–Trinajstić information content (AvgIpc) is 2.48. The highest BCUT2D eigenvalue weighted by Crippen LogP contribution is 2.17. The van der Waals surface area contributed by atoms with Crippen LogP contribution < -0.4 is 11.1 Å². The van der Waals surface area contributed by atoms with Gasteiger partial charge in [0.25, 0.3) is 0 Å². The standard InChI is InChI=1S/C16H25ClN2O.2ClH/c17-13-8-6-12(7-9-13)10-15(18)16(20)11-19-14-4-2-1-3-5-14;;/h6-9,14-16,19-20H,1-5,10-11,18H2;2*1H/t15-,16+;;/m0../s1. The molecule has 0 radical (unpaired) electrons. The van der Waals surface area contributed by atoms with Crippen molar-refractivity contribution in [3.05, 3.63) is 34.9 Å². The van der Waals surface area contributed by atoms with E-state index in [0.717, 1.165) is 10.6 Å². The number of halogens is 3. The minimum atomic E-state index is -0.507. The van der Waals surface area contributed by atoms with Gasteiger partial charge in [-0.3, -0.25) is 0 Å². The molecular weight excluding hydrogens is 343 g/mol. The van der Waals surface area contributed by atoms with Gasteiger partial charge >= 0.3 is 0 Å². The van der Waals surface area contributed by atoms with E-state index in [1.54, 1.807) is 0 Å². The Kier molecular flexibility index (Phi) is 11.5. The van der Waals surface area contributed by atoms with Gasteiger partial charge in [-0.25, -0.2) is 0 Å². The van der Waals surface area contributed by atoms with E-state index in [1.165, 1.54) is 32.1 Å². The number of hydrogen-bond acceptors (Lipinski definition) is 3. The molecule has 0 aromatic heterocycles. The van der Waals surface area contributed by atoms with Crippen molar-refractivity contribution in [1.82, 2.24) is 5.32 Å². The topological polar surface area (TPSA) is 58.3 Å². The van der Waals surface area contributed by atoms with Gasteiger partial charge in [0.15, 0.2) is 0 Å². The van der Waals surface area contributed by atoms with Crippen molar-refractivity contribution >= 4 is 36.4 Å². The summed E-state index contributed by atoms with van der Waals surface area (Å²) >= 11 is 5.86. The lowest BCUT2D eigenvalue weighted by Gasteiger charge is -2.26. The number of benzene rings is 1. The summed E-state index contributed by atoms with van der Waals surface area (Å²) in [6.45, 7) is 0.583. The first-order chi connectivity index (χ1) is 9.65. The van der Waals surface area contributed by atoms with Crippen LogP contribution in [-0.2, 0) is 6.42 Å². The highest BCUT2D eigenvalue weighted by molar-refractivity contribution is 6.30. The molecule has 2 atom stereocenters. The zero-order chi connectivity index (χ0) is 14.4. The van der Waals surface area contributed by atoms with Crippen molar-refractivity contribution in [1.29, 1.82) is 0 Å². The fourth-order valence-electron chi connectivity index (χ4n) is 2.77. The van der Waals surface area contributed by atoms with Gasteiger partial charge in [-0.15, -0.1) is 24.8 Å².